The van der Waals surface area contributed by atoms with Crippen LogP contribution in [0.5, 0.6) is 0 Å². The summed E-state index contributed by atoms with van der Waals surface area (Å²) in [5.74, 6) is 0. The lowest BCUT2D eigenvalue weighted by atomic mass is 10.2. The molecule has 6 heteroatoms. The molecule has 0 aromatic heterocycles. The van der Waals surface area contributed by atoms with Crippen LogP contribution >= 0.6 is 15.9 Å². The zero-order valence-corrected chi connectivity index (χ0v) is 12.6. The van der Waals surface area contributed by atoms with Crippen molar-refractivity contribution in [3.8, 4) is 0 Å². The van der Waals surface area contributed by atoms with Gasteiger partial charge in [-0.2, -0.15) is 0 Å². The van der Waals surface area contributed by atoms with Crippen LogP contribution in [0, 0.1) is 6.92 Å². The lowest BCUT2D eigenvalue weighted by molar-refractivity contribution is 0.168. The summed E-state index contributed by atoms with van der Waals surface area (Å²) in [6.07, 6.45) is 1.62. The Kier molecular flexibility index (Phi) is 6.01. The molecular formula is C12H16BrNO3S. The first-order valence-electron chi connectivity index (χ1n) is 5.42. The van der Waals surface area contributed by atoms with E-state index in [2.05, 4.69) is 27.2 Å². The number of rotatable bonds is 7. The van der Waals surface area contributed by atoms with Crippen LogP contribution in [0.25, 0.3) is 0 Å². The van der Waals surface area contributed by atoms with Gasteiger partial charge in [0.1, 0.15) is 0 Å². The van der Waals surface area contributed by atoms with Gasteiger partial charge in [-0.3, -0.25) is 0 Å². The predicted molar refractivity (Wildman–Crippen MR) is 75.1 cm³/mol. The van der Waals surface area contributed by atoms with E-state index in [9.17, 15) is 8.42 Å². The Morgan fingerprint density at radius 2 is 2.22 bits per heavy atom. The maximum atomic E-state index is 12.0. The molecule has 18 heavy (non-hydrogen) atoms. The van der Waals surface area contributed by atoms with E-state index >= 15 is 0 Å². The molecule has 0 aliphatic rings. The fraction of sp³-hybridized carbons (Fsp3) is 0.333. The third kappa shape index (κ3) is 4.53. The Morgan fingerprint density at radius 1 is 1.50 bits per heavy atom. The van der Waals surface area contributed by atoms with Gasteiger partial charge in [-0.05, 0) is 24.6 Å². The fourth-order valence-electron chi connectivity index (χ4n) is 1.36. The maximum absolute atomic E-state index is 12.0. The number of ether oxygens (including phenoxy) is 1. The van der Waals surface area contributed by atoms with Crippen LogP contribution < -0.4 is 4.72 Å². The van der Waals surface area contributed by atoms with Gasteiger partial charge in [-0.25, -0.2) is 13.1 Å². The molecule has 1 aromatic rings. The van der Waals surface area contributed by atoms with Crippen molar-refractivity contribution < 1.29 is 13.2 Å². The molecule has 4 nitrogen and oxygen atoms in total. The Bertz CT molecular complexity index is 514. The Hall–Kier alpha value is -0.690. The minimum absolute atomic E-state index is 0.238. The molecule has 1 rings (SSSR count). The van der Waals surface area contributed by atoms with E-state index in [-0.39, 0.29) is 11.4 Å². The molecule has 0 fully saturated rings. The zero-order valence-electron chi connectivity index (χ0n) is 10.1. The van der Waals surface area contributed by atoms with E-state index in [1.54, 1.807) is 25.1 Å². The van der Waals surface area contributed by atoms with Crippen molar-refractivity contribution in [3.63, 3.8) is 0 Å². The second-order valence-electron chi connectivity index (χ2n) is 3.67. The Labute approximate surface area is 116 Å². The lowest BCUT2D eigenvalue weighted by Crippen LogP contribution is -2.28. The molecule has 0 unspecified atom stereocenters. The van der Waals surface area contributed by atoms with Crippen LogP contribution in [0.2, 0.25) is 0 Å². The normalized spacial score (nSPS) is 11.4. The van der Waals surface area contributed by atoms with Gasteiger partial charge in [0.05, 0.1) is 18.1 Å². The highest BCUT2D eigenvalue weighted by atomic mass is 79.9. The molecule has 0 heterocycles. The highest BCUT2D eigenvalue weighted by Crippen LogP contribution is 2.20. The third-order valence-electron chi connectivity index (χ3n) is 2.21. The van der Waals surface area contributed by atoms with Crippen LogP contribution in [0.1, 0.15) is 5.56 Å². The highest BCUT2D eigenvalue weighted by Gasteiger charge is 2.16. The molecule has 0 atom stereocenters. The third-order valence-corrected chi connectivity index (χ3v) is 4.31. The van der Waals surface area contributed by atoms with E-state index in [0.29, 0.717) is 18.8 Å². The topological polar surface area (TPSA) is 55.4 Å². The number of halogens is 1. The molecule has 0 saturated carbocycles. The van der Waals surface area contributed by atoms with Crippen LogP contribution in [-0.2, 0) is 14.8 Å². The second kappa shape index (κ2) is 7.04. The number of sulfonamides is 1. The van der Waals surface area contributed by atoms with Crippen molar-refractivity contribution in [3.05, 3.63) is 40.9 Å². The zero-order chi connectivity index (χ0) is 13.6. The molecule has 1 aromatic carbocycles. The Balaban J connectivity index is 2.68. The second-order valence-corrected chi connectivity index (χ2v) is 6.32. The average Bonchev–Trinajstić information content (AvgIpc) is 2.32. The molecule has 0 radical (unpaired) electrons. The lowest BCUT2D eigenvalue weighted by Gasteiger charge is -2.09. The summed E-state index contributed by atoms with van der Waals surface area (Å²) >= 11 is 3.26. The predicted octanol–water partition coefficient (Wildman–Crippen LogP) is 2.24. The highest BCUT2D eigenvalue weighted by molar-refractivity contribution is 9.10. The van der Waals surface area contributed by atoms with Gasteiger partial charge in [0.25, 0.3) is 0 Å². The first kappa shape index (κ1) is 15.4. The first-order valence-corrected chi connectivity index (χ1v) is 7.69. The maximum Gasteiger partial charge on any atom is 0.240 e. The standard InChI is InChI=1S/C12H16BrNO3S/c1-3-7-17-8-6-14-18(15,16)12-9-11(13)5-4-10(12)2/h3-5,9,14H,1,6-8H2,2H3. The monoisotopic (exact) mass is 333 g/mol. The minimum Gasteiger partial charge on any atom is -0.376 e. The van der Waals surface area contributed by atoms with Crippen molar-refractivity contribution >= 4 is 26.0 Å². The minimum atomic E-state index is -3.49. The number of hydrogen-bond acceptors (Lipinski definition) is 3. The van der Waals surface area contributed by atoms with Gasteiger partial charge in [0.2, 0.25) is 10.0 Å². The Morgan fingerprint density at radius 3 is 2.89 bits per heavy atom. The van der Waals surface area contributed by atoms with E-state index in [4.69, 9.17) is 4.74 Å². The summed E-state index contributed by atoms with van der Waals surface area (Å²) in [5, 5.41) is 0. The molecule has 0 aliphatic heterocycles. The van der Waals surface area contributed by atoms with Crippen LogP contribution in [0.4, 0.5) is 0 Å². The summed E-state index contributed by atoms with van der Waals surface area (Å²) in [6, 6.07) is 5.15. The number of benzene rings is 1. The van der Waals surface area contributed by atoms with Gasteiger partial charge in [-0.15, -0.1) is 6.58 Å². The van der Waals surface area contributed by atoms with Crippen molar-refractivity contribution in [1.29, 1.82) is 0 Å². The van der Waals surface area contributed by atoms with Crippen LogP contribution in [0.15, 0.2) is 40.2 Å². The summed E-state index contributed by atoms with van der Waals surface area (Å²) < 4.78 is 32.4. The SMILES string of the molecule is C=CCOCCNS(=O)(=O)c1cc(Br)ccc1C. The summed E-state index contributed by atoms with van der Waals surface area (Å²) in [6.45, 7) is 6.24. The van der Waals surface area contributed by atoms with Gasteiger partial charge in [0.15, 0.2) is 0 Å². The first-order chi connectivity index (χ1) is 8.47. The van der Waals surface area contributed by atoms with E-state index < -0.39 is 10.0 Å². The van der Waals surface area contributed by atoms with Crippen molar-refractivity contribution in [2.75, 3.05) is 19.8 Å². The van der Waals surface area contributed by atoms with E-state index in [1.807, 2.05) is 6.07 Å². The fourth-order valence-corrected chi connectivity index (χ4v) is 3.15. The van der Waals surface area contributed by atoms with Gasteiger partial charge in [-0.1, -0.05) is 28.1 Å². The molecule has 0 spiro atoms. The average molecular weight is 334 g/mol. The molecule has 0 bridgehead atoms. The summed E-state index contributed by atoms with van der Waals surface area (Å²) in [7, 11) is -3.49. The van der Waals surface area contributed by atoms with Gasteiger partial charge in [0, 0.05) is 11.0 Å². The molecule has 0 aliphatic carbocycles. The molecular weight excluding hydrogens is 318 g/mol. The molecule has 0 amide bonds. The number of nitrogens with one attached hydrogen (secondary N) is 1. The number of aryl methyl sites for hydroxylation is 1. The van der Waals surface area contributed by atoms with Crippen molar-refractivity contribution in [2.45, 2.75) is 11.8 Å². The van der Waals surface area contributed by atoms with Crippen molar-refractivity contribution in [2.24, 2.45) is 0 Å². The molecule has 100 valence electrons. The summed E-state index contributed by atoms with van der Waals surface area (Å²) in [4.78, 5) is 0.278. The smallest absolute Gasteiger partial charge is 0.240 e. The quantitative estimate of drug-likeness (QED) is 0.615. The van der Waals surface area contributed by atoms with Crippen LogP contribution in [-0.4, -0.2) is 28.2 Å². The van der Waals surface area contributed by atoms with Crippen molar-refractivity contribution in [1.82, 2.24) is 4.72 Å². The van der Waals surface area contributed by atoms with E-state index in [0.717, 1.165) is 4.47 Å². The summed E-state index contributed by atoms with van der Waals surface area (Å²) in [5.41, 5.74) is 0.706. The largest absolute Gasteiger partial charge is 0.376 e. The molecule has 0 saturated heterocycles. The number of hydrogen-bond donors (Lipinski definition) is 1. The van der Waals surface area contributed by atoms with E-state index in [1.165, 1.54) is 0 Å². The van der Waals surface area contributed by atoms with Crippen LogP contribution in [0.3, 0.4) is 0 Å². The molecule has 1 N–H and O–H groups in total. The van der Waals surface area contributed by atoms with Gasteiger partial charge >= 0.3 is 0 Å². The van der Waals surface area contributed by atoms with Gasteiger partial charge < -0.3 is 4.74 Å².